The van der Waals surface area contributed by atoms with Crippen molar-refractivity contribution in [1.29, 1.82) is 0 Å². The molecule has 3 aromatic rings. The molecule has 0 aliphatic heterocycles. The minimum Gasteiger partial charge on any atom is -0.493 e. The highest BCUT2D eigenvalue weighted by atomic mass is 16.5. The fourth-order valence-electron chi connectivity index (χ4n) is 4.01. The summed E-state index contributed by atoms with van der Waals surface area (Å²) in [5, 5.41) is 5.64. The van der Waals surface area contributed by atoms with Gasteiger partial charge in [-0.25, -0.2) is 9.50 Å². The van der Waals surface area contributed by atoms with Gasteiger partial charge in [-0.3, -0.25) is 14.7 Å². The van der Waals surface area contributed by atoms with Gasteiger partial charge in [-0.05, 0) is 51.7 Å². The highest BCUT2D eigenvalue weighted by molar-refractivity contribution is 5.92. The van der Waals surface area contributed by atoms with E-state index in [1.807, 2.05) is 13.8 Å². The van der Waals surface area contributed by atoms with Crippen LogP contribution in [-0.2, 0) is 11.2 Å². The van der Waals surface area contributed by atoms with Crippen LogP contribution < -0.4 is 20.3 Å². The summed E-state index contributed by atoms with van der Waals surface area (Å²) >= 11 is 0. The predicted molar refractivity (Wildman–Crippen MR) is 113 cm³/mol. The average molecular weight is 410 g/mol. The zero-order valence-electron chi connectivity index (χ0n) is 17.4. The Morgan fingerprint density at radius 2 is 2.00 bits per heavy atom. The fourth-order valence-corrected chi connectivity index (χ4v) is 4.01. The lowest BCUT2D eigenvalue weighted by molar-refractivity contribution is -0.115. The molecule has 8 nitrogen and oxygen atoms in total. The number of rotatable bonds is 6. The number of methoxy groups -OCH3 is 1. The first-order chi connectivity index (χ1) is 14.4. The summed E-state index contributed by atoms with van der Waals surface area (Å²) in [5.41, 5.74) is 3.26. The van der Waals surface area contributed by atoms with E-state index in [1.54, 1.807) is 29.8 Å². The molecule has 2 heterocycles. The van der Waals surface area contributed by atoms with Crippen LogP contribution in [0.2, 0.25) is 0 Å². The second kappa shape index (κ2) is 8.22. The minimum absolute atomic E-state index is 0.145. The van der Waals surface area contributed by atoms with Gasteiger partial charge in [0.1, 0.15) is 0 Å². The van der Waals surface area contributed by atoms with E-state index < -0.39 is 0 Å². The molecule has 2 N–H and O–H groups in total. The normalized spacial score (nSPS) is 14.2. The molecule has 1 amide bonds. The van der Waals surface area contributed by atoms with E-state index in [9.17, 15) is 9.59 Å². The predicted octanol–water partition coefficient (Wildman–Crippen LogP) is 3.15. The van der Waals surface area contributed by atoms with Crippen LogP contribution in [0, 0.1) is 13.8 Å². The lowest BCUT2D eigenvalue weighted by atomic mass is 10.1. The van der Waals surface area contributed by atoms with Crippen LogP contribution in [0.4, 0.5) is 5.69 Å². The monoisotopic (exact) mass is 410 g/mol. The lowest BCUT2D eigenvalue weighted by Crippen LogP contribution is -2.18. The lowest BCUT2D eigenvalue weighted by Gasteiger charge is -2.17. The third kappa shape index (κ3) is 4.03. The molecule has 1 aliphatic rings. The highest BCUT2D eigenvalue weighted by Crippen LogP contribution is 2.34. The summed E-state index contributed by atoms with van der Waals surface area (Å²) in [6, 6.07) is 6.84. The van der Waals surface area contributed by atoms with Crippen molar-refractivity contribution in [2.75, 3.05) is 12.4 Å². The maximum absolute atomic E-state index is 12.7. The number of H-pyrrole nitrogens is 1. The number of carbonyl (C=O) groups is 1. The van der Waals surface area contributed by atoms with Gasteiger partial charge < -0.3 is 14.8 Å². The summed E-state index contributed by atoms with van der Waals surface area (Å²) in [5.74, 6) is 1.12. The van der Waals surface area contributed by atoms with E-state index in [2.05, 4.69) is 15.4 Å². The van der Waals surface area contributed by atoms with Gasteiger partial charge in [-0.1, -0.05) is 0 Å². The summed E-state index contributed by atoms with van der Waals surface area (Å²) in [7, 11) is 1.61. The third-order valence-corrected chi connectivity index (χ3v) is 5.58. The number of hydrogen-bond acceptors (Lipinski definition) is 5. The van der Waals surface area contributed by atoms with Gasteiger partial charge in [0.05, 0.1) is 19.6 Å². The Kier molecular flexibility index (Phi) is 5.48. The summed E-state index contributed by atoms with van der Waals surface area (Å²) in [6.45, 7) is 3.70. The molecule has 0 unspecified atom stereocenters. The number of benzene rings is 1. The van der Waals surface area contributed by atoms with Gasteiger partial charge in [0.2, 0.25) is 5.91 Å². The minimum atomic E-state index is -0.223. The van der Waals surface area contributed by atoms with Crippen LogP contribution in [0.25, 0.3) is 5.65 Å². The largest absolute Gasteiger partial charge is 0.493 e. The molecule has 0 bridgehead atoms. The number of nitrogens with one attached hydrogen (secondary N) is 2. The maximum Gasteiger partial charge on any atom is 0.266 e. The van der Waals surface area contributed by atoms with Crippen LogP contribution in [0.15, 0.2) is 29.1 Å². The molecule has 4 rings (SSSR count). The standard InChI is InChI=1S/C22H26N4O4/c1-13-17(14(2)26-20(23-13)12-22(28)25-26)11-21(27)24-15-8-9-18(29-3)19(10-15)30-16-6-4-5-7-16/h8-10,12,16H,4-7,11H2,1-3H3,(H,24,27)(H,25,28). The SMILES string of the molecule is COc1ccc(NC(=O)Cc2c(C)nc3cc(=O)[nH]n3c2C)cc1OC1CCCC1. The number of aryl methyl sites for hydroxylation is 2. The van der Waals surface area contributed by atoms with E-state index in [4.69, 9.17) is 9.47 Å². The molecule has 1 aromatic carbocycles. The Hall–Kier alpha value is -3.29. The van der Waals surface area contributed by atoms with Crippen molar-refractivity contribution in [3.8, 4) is 11.5 Å². The van der Waals surface area contributed by atoms with Gasteiger partial charge in [-0.15, -0.1) is 0 Å². The first-order valence-electron chi connectivity index (χ1n) is 10.2. The zero-order chi connectivity index (χ0) is 21.3. The number of fused-ring (bicyclic) bond motifs is 1. The van der Waals surface area contributed by atoms with Crippen molar-refractivity contribution in [2.24, 2.45) is 0 Å². The number of aromatic nitrogens is 3. The Bertz CT molecular complexity index is 1140. The molecule has 1 saturated carbocycles. The first kappa shape index (κ1) is 20.0. The second-order valence-corrected chi connectivity index (χ2v) is 7.69. The van der Waals surface area contributed by atoms with Crippen LogP contribution in [-0.4, -0.2) is 33.7 Å². The molecule has 30 heavy (non-hydrogen) atoms. The van der Waals surface area contributed by atoms with Crippen LogP contribution in [0.5, 0.6) is 11.5 Å². The van der Waals surface area contributed by atoms with Crippen molar-refractivity contribution >= 4 is 17.2 Å². The molecule has 1 fully saturated rings. The van der Waals surface area contributed by atoms with E-state index in [0.29, 0.717) is 22.8 Å². The van der Waals surface area contributed by atoms with E-state index >= 15 is 0 Å². The maximum atomic E-state index is 12.7. The Balaban J connectivity index is 1.52. The zero-order valence-corrected chi connectivity index (χ0v) is 17.4. The van der Waals surface area contributed by atoms with Gasteiger partial charge in [0, 0.05) is 34.8 Å². The summed E-state index contributed by atoms with van der Waals surface area (Å²) < 4.78 is 13.1. The average Bonchev–Trinajstić information content (AvgIpc) is 3.34. The number of nitrogens with zero attached hydrogens (tertiary/aromatic N) is 2. The highest BCUT2D eigenvalue weighted by Gasteiger charge is 2.19. The fraction of sp³-hybridized carbons (Fsp3) is 0.409. The molecule has 0 atom stereocenters. The molecule has 0 spiro atoms. The van der Waals surface area contributed by atoms with Crippen LogP contribution >= 0.6 is 0 Å². The smallest absolute Gasteiger partial charge is 0.266 e. The van der Waals surface area contributed by atoms with Gasteiger partial charge in [-0.2, -0.15) is 0 Å². The molecule has 158 valence electrons. The van der Waals surface area contributed by atoms with Crippen molar-refractivity contribution in [2.45, 2.75) is 52.1 Å². The number of amides is 1. The molecule has 0 saturated heterocycles. The van der Waals surface area contributed by atoms with Crippen molar-refractivity contribution < 1.29 is 14.3 Å². The number of aromatic amines is 1. The van der Waals surface area contributed by atoms with Crippen molar-refractivity contribution in [3.63, 3.8) is 0 Å². The van der Waals surface area contributed by atoms with E-state index in [-0.39, 0.29) is 24.0 Å². The molecule has 1 aliphatic carbocycles. The van der Waals surface area contributed by atoms with Crippen LogP contribution in [0.3, 0.4) is 0 Å². The molecule has 2 aromatic heterocycles. The van der Waals surface area contributed by atoms with Crippen molar-refractivity contribution in [3.05, 3.63) is 51.6 Å². The molecule has 0 radical (unpaired) electrons. The van der Waals surface area contributed by atoms with Crippen LogP contribution in [0.1, 0.15) is 42.6 Å². The van der Waals surface area contributed by atoms with E-state index in [0.717, 1.165) is 29.8 Å². The topological polar surface area (TPSA) is 97.7 Å². The summed E-state index contributed by atoms with van der Waals surface area (Å²) in [4.78, 5) is 28.8. The van der Waals surface area contributed by atoms with Gasteiger partial charge in [0.25, 0.3) is 5.56 Å². The van der Waals surface area contributed by atoms with Gasteiger partial charge in [0.15, 0.2) is 17.1 Å². The number of hydrogen-bond donors (Lipinski definition) is 2. The third-order valence-electron chi connectivity index (χ3n) is 5.58. The van der Waals surface area contributed by atoms with E-state index in [1.165, 1.54) is 18.9 Å². The number of ether oxygens (including phenoxy) is 2. The molecular formula is C22H26N4O4. The quantitative estimate of drug-likeness (QED) is 0.651. The van der Waals surface area contributed by atoms with Gasteiger partial charge >= 0.3 is 0 Å². The molecule has 8 heteroatoms. The first-order valence-corrected chi connectivity index (χ1v) is 10.2. The molecular weight excluding hydrogens is 384 g/mol. The Morgan fingerprint density at radius 1 is 1.23 bits per heavy atom. The van der Waals surface area contributed by atoms with Crippen molar-refractivity contribution in [1.82, 2.24) is 14.6 Å². The second-order valence-electron chi connectivity index (χ2n) is 7.69. The Morgan fingerprint density at radius 3 is 2.73 bits per heavy atom. The number of anilines is 1. The Labute approximate surface area is 174 Å². The number of carbonyl (C=O) groups excluding carboxylic acids is 1. The summed E-state index contributed by atoms with van der Waals surface area (Å²) in [6.07, 6.45) is 4.76.